The normalized spacial score (nSPS) is 11.9. The Kier molecular flexibility index (Phi) is 1.66. The lowest BCUT2D eigenvalue weighted by Crippen LogP contribution is -1.96. The predicted molar refractivity (Wildman–Crippen MR) is 70.8 cm³/mol. The number of rotatable bonds is 0. The van der Waals surface area contributed by atoms with Gasteiger partial charge in [-0.25, -0.2) is 0 Å². The van der Waals surface area contributed by atoms with Gasteiger partial charge in [0, 0.05) is 32.9 Å². The van der Waals surface area contributed by atoms with Crippen LogP contribution < -0.4 is 0 Å². The Morgan fingerprint density at radius 1 is 0.722 bits per heavy atom. The first kappa shape index (κ1) is 9.65. The summed E-state index contributed by atoms with van der Waals surface area (Å²) < 4.78 is 0. The van der Waals surface area contributed by atoms with Crippen molar-refractivity contribution in [2.45, 2.75) is 13.8 Å². The molecule has 4 heteroatoms. The van der Waals surface area contributed by atoms with Gasteiger partial charge in [-0.2, -0.15) is 0 Å². The fourth-order valence-electron chi connectivity index (χ4n) is 2.72. The third-order valence-corrected chi connectivity index (χ3v) is 3.54. The Bertz CT molecular complexity index is 831. The number of aryl methyl sites for hydroxylation is 2. The maximum atomic E-state index is 4.60. The van der Waals surface area contributed by atoms with Gasteiger partial charge < -0.3 is 0 Å². The number of nitrogens with zero attached hydrogens (tertiary/aromatic N) is 4. The Morgan fingerprint density at radius 3 is 1.83 bits per heavy atom. The van der Waals surface area contributed by atoms with Gasteiger partial charge in [-0.15, -0.1) is 10.2 Å². The molecule has 4 nitrogen and oxygen atoms in total. The summed E-state index contributed by atoms with van der Waals surface area (Å²) in [6, 6.07) is 8.12. The van der Waals surface area contributed by atoms with E-state index >= 15 is 0 Å². The van der Waals surface area contributed by atoms with Crippen molar-refractivity contribution >= 4 is 32.6 Å². The summed E-state index contributed by atoms with van der Waals surface area (Å²) in [7, 11) is 0. The molecule has 0 spiro atoms. The second-order valence-corrected chi connectivity index (χ2v) is 4.59. The highest BCUT2D eigenvalue weighted by Crippen LogP contribution is 2.34. The third-order valence-electron chi connectivity index (χ3n) is 3.54. The van der Waals surface area contributed by atoms with Gasteiger partial charge in [0.1, 0.15) is 0 Å². The summed E-state index contributed by atoms with van der Waals surface area (Å²) >= 11 is 0. The summed E-state index contributed by atoms with van der Waals surface area (Å²) in [5.74, 6) is 0. The van der Waals surface area contributed by atoms with Crippen molar-refractivity contribution in [3.63, 3.8) is 0 Å². The summed E-state index contributed by atoms with van der Waals surface area (Å²) in [4.78, 5) is 4.60. The average Bonchev–Trinajstić information content (AvgIpc) is 2.38. The van der Waals surface area contributed by atoms with Crippen molar-refractivity contribution in [2.75, 3.05) is 0 Å². The number of hydrogen-bond donors (Lipinski definition) is 0. The van der Waals surface area contributed by atoms with Crippen molar-refractivity contribution in [3.8, 4) is 0 Å². The van der Waals surface area contributed by atoms with Crippen LogP contribution in [0, 0.1) is 13.8 Å². The fraction of sp³-hybridized carbons (Fsp3) is 0.143. The molecular weight excluding hydrogens is 224 g/mol. The van der Waals surface area contributed by atoms with Crippen LogP contribution in [0.5, 0.6) is 0 Å². The first-order valence-corrected chi connectivity index (χ1v) is 5.87. The van der Waals surface area contributed by atoms with Gasteiger partial charge >= 0.3 is 0 Å². The largest absolute Gasteiger partial charge is 0.257 e. The second kappa shape index (κ2) is 3.10. The van der Waals surface area contributed by atoms with Crippen molar-refractivity contribution in [1.82, 2.24) is 20.4 Å². The van der Waals surface area contributed by atoms with E-state index in [1.807, 2.05) is 26.0 Å². The predicted octanol–water partition coefficient (Wildman–Crippen LogP) is 2.78. The SMILES string of the molecule is Cc1nc(C)c2ccc3nnnc4ccc1c2c43. The van der Waals surface area contributed by atoms with Crippen LogP contribution in [0.1, 0.15) is 11.4 Å². The smallest absolute Gasteiger partial charge is 0.0976 e. The zero-order valence-corrected chi connectivity index (χ0v) is 10.1. The molecule has 0 amide bonds. The van der Waals surface area contributed by atoms with Crippen molar-refractivity contribution in [2.24, 2.45) is 0 Å². The number of hydrogen-bond acceptors (Lipinski definition) is 4. The first-order valence-electron chi connectivity index (χ1n) is 5.87. The molecule has 2 aromatic heterocycles. The van der Waals surface area contributed by atoms with Crippen LogP contribution in [0.15, 0.2) is 24.3 Å². The quantitative estimate of drug-likeness (QED) is 0.439. The van der Waals surface area contributed by atoms with E-state index in [4.69, 9.17) is 0 Å². The van der Waals surface area contributed by atoms with E-state index in [1.165, 1.54) is 16.2 Å². The molecule has 0 atom stereocenters. The molecule has 0 aliphatic heterocycles. The maximum Gasteiger partial charge on any atom is 0.0976 e. The minimum Gasteiger partial charge on any atom is -0.257 e. The van der Waals surface area contributed by atoms with Crippen LogP contribution in [0.3, 0.4) is 0 Å². The van der Waals surface area contributed by atoms with Crippen LogP contribution in [-0.2, 0) is 0 Å². The lowest BCUT2D eigenvalue weighted by Gasteiger charge is -2.11. The first-order chi connectivity index (χ1) is 8.75. The minimum absolute atomic E-state index is 0.892. The van der Waals surface area contributed by atoms with Crippen LogP contribution in [0.25, 0.3) is 32.6 Å². The van der Waals surface area contributed by atoms with Gasteiger partial charge in [0.05, 0.1) is 11.0 Å². The topological polar surface area (TPSA) is 51.6 Å². The zero-order chi connectivity index (χ0) is 12.3. The molecule has 86 valence electrons. The summed E-state index contributed by atoms with van der Waals surface area (Å²) in [6.07, 6.45) is 0. The molecule has 2 heterocycles. The van der Waals surface area contributed by atoms with E-state index in [2.05, 4.69) is 32.5 Å². The van der Waals surface area contributed by atoms with E-state index in [0.717, 1.165) is 27.8 Å². The molecule has 18 heavy (non-hydrogen) atoms. The average molecular weight is 234 g/mol. The van der Waals surface area contributed by atoms with E-state index in [0.29, 0.717) is 0 Å². The van der Waals surface area contributed by atoms with Crippen molar-refractivity contribution in [1.29, 1.82) is 0 Å². The zero-order valence-electron chi connectivity index (χ0n) is 10.1. The molecule has 0 unspecified atom stereocenters. The Balaban J connectivity index is 2.48. The lowest BCUT2D eigenvalue weighted by molar-refractivity contribution is 0.917. The molecule has 0 aliphatic carbocycles. The highest BCUT2D eigenvalue weighted by Gasteiger charge is 2.13. The van der Waals surface area contributed by atoms with Crippen LogP contribution in [-0.4, -0.2) is 20.4 Å². The molecule has 0 radical (unpaired) electrons. The summed E-state index contributed by atoms with van der Waals surface area (Å²) in [5, 5.41) is 16.7. The molecule has 0 aliphatic rings. The molecule has 0 fully saturated rings. The maximum absolute atomic E-state index is 4.60. The number of pyridine rings is 1. The third kappa shape index (κ3) is 1.05. The van der Waals surface area contributed by atoms with Crippen LogP contribution >= 0.6 is 0 Å². The highest BCUT2D eigenvalue weighted by molar-refractivity contribution is 6.21. The van der Waals surface area contributed by atoms with Crippen molar-refractivity contribution in [3.05, 3.63) is 35.7 Å². The molecule has 4 aromatic rings. The summed E-state index contributed by atoms with van der Waals surface area (Å²) in [6.45, 7) is 4.08. The Hall–Kier alpha value is -2.36. The standard InChI is InChI=1S/C14H10N4/c1-7-9-3-5-11-14-12(17-18-16-11)6-4-10(13(9)14)8(2)15-7/h3-6H,1-2H3. The molecule has 2 aromatic carbocycles. The monoisotopic (exact) mass is 234 g/mol. The minimum atomic E-state index is 0.892. The Morgan fingerprint density at radius 2 is 1.28 bits per heavy atom. The highest BCUT2D eigenvalue weighted by atomic mass is 15.3. The van der Waals surface area contributed by atoms with Gasteiger partial charge in [-0.05, 0) is 31.2 Å². The number of benzene rings is 2. The van der Waals surface area contributed by atoms with Crippen LogP contribution in [0.2, 0.25) is 0 Å². The fourth-order valence-corrected chi connectivity index (χ4v) is 2.72. The molecule has 0 saturated heterocycles. The van der Waals surface area contributed by atoms with E-state index < -0.39 is 0 Å². The summed E-state index contributed by atoms with van der Waals surface area (Å²) in [5.41, 5.74) is 3.88. The van der Waals surface area contributed by atoms with E-state index in [-0.39, 0.29) is 0 Å². The van der Waals surface area contributed by atoms with Gasteiger partial charge in [0.15, 0.2) is 0 Å². The van der Waals surface area contributed by atoms with Gasteiger partial charge in [0.25, 0.3) is 0 Å². The Labute approximate surface area is 103 Å². The van der Waals surface area contributed by atoms with Gasteiger partial charge in [-0.1, -0.05) is 12.1 Å². The molecular formula is C14H10N4. The molecule has 4 rings (SSSR count). The van der Waals surface area contributed by atoms with Gasteiger partial charge in [-0.3, -0.25) is 4.98 Å². The van der Waals surface area contributed by atoms with Crippen LogP contribution in [0.4, 0.5) is 0 Å². The van der Waals surface area contributed by atoms with E-state index in [9.17, 15) is 0 Å². The second-order valence-electron chi connectivity index (χ2n) is 4.59. The molecule has 0 saturated carbocycles. The van der Waals surface area contributed by atoms with E-state index in [1.54, 1.807) is 0 Å². The number of aromatic nitrogens is 4. The van der Waals surface area contributed by atoms with Crippen molar-refractivity contribution < 1.29 is 0 Å². The molecule has 0 bridgehead atoms. The van der Waals surface area contributed by atoms with Gasteiger partial charge in [0.2, 0.25) is 0 Å². The lowest BCUT2D eigenvalue weighted by atomic mass is 9.98. The molecule has 0 N–H and O–H groups in total.